The number of hydrogen-bond donors (Lipinski definition) is 0. The molecule has 5 rings (SSSR count). The molecule has 220 valence electrons. The maximum Gasteiger partial charge on any atom is 0.331 e. The van der Waals surface area contributed by atoms with E-state index in [4.69, 9.17) is 0 Å². The number of rotatable bonds is 11. The van der Waals surface area contributed by atoms with Gasteiger partial charge in [0.1, 0.15) is 11.6 Å². The molecule has 0 amide bonds. The van der Waals surface area contributed by atoms with Gasteiger partial charge in [-0.2, -0.15) is 0 Å². The van der Waals surface area contributed by atoms with Gasteiger partial charge in [-0.05, 0) is 48.9 Å². The Labute approximate surface area is 244 Å². The minimum Gasteiger partial charge on any atom is -0.304 e. The van der Waals surface area contributed by atoms with Crippen LogP contribution >= 0.6 is 0 Å². The van der Waals surface area contributed by atoms with Gasteiger partial charge in [-0.15, -0.1) is 0 Å². The fourth-order valence-electron chi connectivity index (χ4n) is 5.52. The van der Waals surface area contributed by atoms with Gasteiger partial charge in [-0.1, -0.05) is 43.3 Å². The van der Waals surface area contributed by atoms with Crippen LogP contribution in [-0.4, -0.2) is 50.6 Å². The summed E-state index contributed by atoms with van der Waals surface area (Å²) in [5.41, 5.74) is 3.40. The van der Waals surface area contributed by atoms with Crippen LogP contribution in [0.1, 0.15) is 40.6 Å². The van der Waals surface area contributed by atoms with E-state index in [2.05, 4.69) is 41.1 Å². The molecule has 2 aromatic heterocycles. The van der Waals surface area contributed by atoms with Crippen molar-refractivity contribution in [3.8, 4) is 0 Å². The van der Waals surface area contributed by atoms with Gasteiger partial charge in [0.15, 0.2) is 0 Å². The first kappa shape index (κ1) is 29.5. The lowest BCUT2D eigenvalue weighted by Gasteiger charge is -2.31. The lowest BCUT2D eigenvalue weighted by Crippen LogP contribution is -2.49. The van der Waals surface area contributed by atoms with E-state index in [1.165, 1.54) is 32.9 Å². The third kappa shape index (κ3) is 6.74. The molecule has 1 aliphatic rings. The molecule has 0 saturated heterocycles. The molecular formula is C33H37F2N5O2. The molecule has 0 atom stereocenters. The lowest BCUT2D eigenvalue weighted by molar-refractivity contribution is 0.235. The van der Waals surface area contributed by atoms with Gasteiger partial charge in [0.2, 0.25) is 0 Å². The fourth-order valence-corrected chi connectivity index (χ4v) is 5.52. The van der Waals surface area contributed by atoms with Crippen molar-refractivity contribution < 1.29 is 8.78 Å². The van der Waals surface area contributed by atoms with Crippen molar-refractivity contribution in [3.05, 3.63) is 133 Å². The molecule has 0 saturated carbocycles. The third-order valence-electron chi connectivity index (χ3n) is 8.08. The summed E-state index contributed by atoms with van der Waals surface area (Å²) in [4.78, 5) is 36.1. The molecule has 7 nitrogen and oxygen atoms in total. The number of halogens is 2. The number of fused-ring (bicyclic) bond motifs is 1. The molecule has 1 aliphatic heterocycles. The summed E-state index contributed by atoms with van der Waals surface area (Å²) in [5.74, 6) is -1.42. The number of aromatic nitrogens is 3. The van der Waals surface area contributed by atoms with Gasteiger partial charge in [0.05, 0.1) is 12.1 Å². The molecule has 4 aromatic rings. The van der Waals surface area contributed by atoms with E-state index in [0.717, 1.165) is 24.1 Å². The van der Waals surface area contributed by atoms with Crippen LogP contribution in [-0.2, 0) is 45.4 Å². The average Bonchev–Trinajstić information content (AvgIpc) is 3.00. The van der Waals surface area contributed by atoms with E-state index in [1.807, 2.05) is 30.1 Å². The van der Waals surface area contributed by atoms with Gasteiger partial charge >= 0.3 is 5.69 Å². The summed E-state index contributed by atoms with van der Waals surface area (Å²) in [5, 5.41) is 0. The second-order valence-electron chi connectivity index (χ2n) is 11.0. The maximum absolute atomic E-state index is 14.7. The Morgan fingerprint density at radius 2 is 1.62 bits per heavy atom. The molecule has 0 N–H and O–H groups in total. The highest BCUT2D eigenvalue weighted by molar-refractivity contribution is 5.27. The van der Waals surface area contributed by atoms with Crippen molar-refractivity contribution in [2.45, 2.75) is 52.4 Å². The zero-order valence-corrected chi connectivity index (χ0v) is 24.2. The van der Waals surface area contributed by atoms with E-state index in [9.17, 15) is 18.4 Å². The maximum atomic E-state index is 14.7. The normalized spacial score (nSPS) is 13.5. The zero-order chi connectivity index (χ0) is 29.6. The van der Waals surface area contributed by atoms with Crippen molar-refractivity contribution >= 4 is 0 Å². The molecule has 0 bridgehead atoms. The molecule has 42 heavy (non-hydrogen) atoms. The third-order valence-corrected chi connectivity index (χ3v) is 8.08. The number of aryl methyl sites for hydroxylation is 1. The standard InChI is InChI=1S/C33H37F2N5O2/c1-3-24-10-12-25(13-11-24)21-38-18-15-31-28(22-38)32(41)39(20-19-37(2)17-14-26-7-4-5-16-36-26)33(42)40(31)23-27-29(34)8-6-9-30(27)35/h4-13,16H,3,14-15,17-23H2,1-2H3. The fraction of sp³-hybridized carbons (Fsp3) is 0.364. The highest BCUT2D eigenvalue weighted by atomic mass is 19.1. The Bertz CT molecular complexity index is 1610. The molecule has 0 spiro atoms. The van der Waals surface area contributed by atoms with Crippen molar-refractivity contribution in [3.63, 3.8) is 0 Å². The van der Waals surface area contributed by atoms with Crippen molar-refractivity contribution in [1.82, 2.24) is 23.9 Å². The summed E-state index contributed by atoms with van der Waals surface area (Å²) in [6, 6.07) is 17.9. The van der Waals surface area contributed by atoms with Crippen LogP contribution in [0.25, 0.3) is 0 Å². The van der Waals surface area contributed by atoms with Gasteiger partial charge < -0.3 is 4.90 Å². The first-order valence-corrected chi connectivity index (χ1v) is 14.5. The quantitative estimate of drug-likeness (QED) is 0.271. The van der Waals surface area contributed by atoms with E-state index in [-0.39, 0.29) is 24.2 Å². The van der Waals surface area contributed by atoms with Crippen LogP contribution in [0.15, 0.2) is 76.4 Å². The topological polar surface area (TPSA) is 63.4 Å². The lowest BCUT2D eigenvalue weighted by atomic mass is 10.0. The van der Waals surface area contributed by atoms with E-state index in [0.29, 0.717) is 50.4 Å². The summed E-state index contributed by atoms with van der Waals surface area (Å²) in [6.07, 6.45) is 3.90. The van der Waals surface area contributed by atoms with Gasteiger partial charge in [-0.25, -0.2) is 13.6 Å². The Morgan fingerprint density at radius 3 is 2.31 bits per heavy atom. The number of nitrogens with zero attached hydrogens (tertiary/aromatic N) is 5. The SMILES string of the molecule is CCc1ccc(CN2CCc3c(c(=O)n(CCN(C)CCc4ccccn4)c(=O)n3Cc3c(F)cccc3F)C2)cc1. The van der Waals surface area contributed by atoms with E-state index in [1.54, 1.807) is 6.20 Å². The monoisotopic (exact) mass is 573 g/mol. The Kier molecular flexibility index (Phi) is 9.39. The summed E-state index contributed by atoms with van der Waals surface area (Å²) in [7, 11) is 1.94. The molecule has 2 aromatic carbocycles. The van der Waals surface area contributed by atoms with E-state index < -0.39 is 17.3 Å². The molecular weight excluding hydrogens is 536 g/mol. The predicted molar refractivity (Wildman–Crippen MR) is 159 cm³/mol. The van der Waals surface area contributed by atoms with Crippen molar-refractivity contribution in [2.24, 2.45) is 0 Å². The summed E-state index contributed by atoms with van der Waals surface area (Å²) < 4.78 is 32.0. The first-order valence-electron chi connectivity index (χ1n) is 14.5. The van der Waals surface area contributed by atoms with Crippen LogP contribution < -0.4 is 11.2 Å². The van der Waals surface area contributed by atoms with E-state index >= 15 is 0 Å². The smallest absolute Gasteiger partial charge is 0.304 e. The zero-order valence-electron chi connectivity index (χ0n) is 24.2. The van der Waals surface area contributed by atoms with Gasteiger partial charge in [0.25, 0.3) is 5.56 Å². The second-order valence-corrected chi connectivity index (χ2v) is 11.0. The van der Waals surface area contributed by atoms with Crippen LogP contribution in [0, 0.1) is 11.6 Å². The summed E-state index contributed by atoms with van der Waals surface area (Å²) >= 11 is 0. The molecule has 3 heterocycles. The summed E-state index contributed by atoms with van der Waals surface area (Å²) in [6.45, 7) is 4.83. The number of likely N-dealkylation sites (N-methyl/N-ethyl adjacent to an activating group) is 1. The van der Waals surface area contributed by atoms with Gasteiger partial charge in [0, 0.05) is 75.3 Å². The minimum atomic E-state index is -0.712. The number of pyridine rings is 1. The van der Waals surface area contributed by atoms with Crippen molar-refractivity contribution in [1.29, 1.82) is 0 Å². The first-order chi connectivity index (χ1) is 20.3. The van der Waals surface area contributed by atoms with Crippen LogP contribution in [0.4, 0.5) is 8.78 Å². The van der Waals surface area contributed by atoms with Crippen LogP contribution in [0.5, 0.6) is 0 Å². The van der Waals surface area contributed by atoms with Crippen LogP contribution in [0.2, 0.25) is 0 Å². The van der Waals surface area contributed by atoms with Crippen molar-refractivity contribution in [2.75, 3.05) is 26.7 Å². The Hall–Kier alpha value is -3.95. The predicted octanol–water partition coefficient (Wildman–Crippen LogP) is 4.03. The Morgan fingerprint density at radius 1 is 0.881 bits per heavy atom. The largest absolute Gasteiger partial charge is 0.331 e. The highest BCUT2D eigenvalue weighted by Crippen LogP contribution is 2.20. The number of hydrogen-bond acceptors (Lipinski definition) is 5. The average molecular weight is 574 g/mol. The molecule has 9 heteroatoms. The molecule has 0 fully saturated rings. The highest BCUT2D eigenvalue weighted by Gasteiger charge is 2.26. The molecule has 0 unspecified atom stereocenters. The minimum absolute atomic E-state index is 0.169. The molecule has 0 aliphatic carbocycles. The second kappa shape index (κ2) is 13.4. The van der Waals surface area contributed by atoms with Crippen LogP contribution in [0.3, 0.4) is 0 Å². The molecule has 0 radical (unpaired) electrons. The van der Waals surface area contributed by atoms with Gasteiger partial charge in [-0.3, -0.25) is 23.8 Å². The Balaban J connectivity index is 1.43. The number of benzene rings is 2.